The summed E-state index contributed by atoms with van der Waals surface area (Å²) in [4.78, 5) is 2.70. The molecule has 2 heteroatoms. The summed E-state index contributed by atoms with van der Waals surface area (Å²) in [6.07, 6.45) is 2.93. The summed E-state index contributed by atoms with van der Waals surface area (Å²) in [5, 5.41) is 3.66. The van der Waals surface area contributed by atoms with Gasteiger partial charge in [0.25, 0.3) is 0 Å². The quantitative estimate of drug-likeness (QED) is 0.751. The Balaban J connectivity index is 1.91. The van der Waals surface area contributed by atoms with Gasteiger partial charge in [-0.25, -0.2) is 0 Å². The van der Waals surface area contributed by atoms with E-state index >= 15 is 0 Å². The predicted octanol–water partition coefficient (Wildman–Crippen LogP) is 2.10. The monoisotopic (exact) mass is 210 g/mol. The van der Waals surface area contributed by atoms with Crippen molar-refractivity contribution >= 4 is 0 Å². The summed E-state index contributed by atoms with van der Waals surface area (Å²) < 4.78 is 0. The highest BCUT2D eigenvalue weighted by Crippen LogP contribution is 2.36. The number of hydrogen-bond acceptors (Lipinski definition) is 2. The first-order valence-corrected chi connectivity index (χ1v) is 6.46. The number of rotatable bonds is 2. The van der Waals surface area contributed by atoms with Gasteiger partial charge >= 0.3 is 0 Å². The van der Waals surface area contributed by atoms with Crippen LogP contribution in [0.5, 0.6) is 0 Å². The fraction of sp³-hybridized carbons (Fsp3) is 1.00. The molecule has 0 aromatic rings. The van der Waals surface area contributed by atoms with Crippen molar-refractivity contribution in [1.82, 2.24) is 10.2 Å². The van der Waals surface area contributed by atoms with Gasteiger partial charge in [-0.15, -0.1) is 0 Å². The molecule has 0 bridgehead atoms. The summed E-state index contributed by atoms with van der Waals surface area (Å²) in [6.45, 7) is 13.1. The van der Waals surface area contributed by atoms with Crippen molar-refractivity contribution in [3.05, 3.63) is 0 Å². The Morgan fingerprint density at radius 2 is 1.93 bits per heavy atom. The Labute approximate surface area is 94.4 Å². The summed E-state index contributed by atoms with van der Waals surface area (Å²) in [5.74, 6) is 1.00. The van der Waals surface area contributed by atoms with Crippen LogP contribution < -0.4 is 5.32 Å². The normalized spacial score (nSPS) is 31.6. The van der Waals surface area contributed by atoms with Crippen LogP contribution in [-0.4, -0.2) is 36.6 Å². The van der Waals surface area contributed by atoms with E-state index in [1.165, 1.54) is 32.5 Å². The molecule has 0 radical (unpaired) electrons. The lowest BCUT2D eigenvalue weighted by molar-refractivity contribution is 0.0955. The molecule has 1 saturated heterocycles. The van der Waals surface area contributed by atoms with Crippen LogP contribution in [-0.2, 0) is 0 Å². The third-order valence-electron chi connectivity index (χ3n) is 4.13. The van der Waals surface area contributed by atoms with Crippen LogP contribution in [0.25, 0.3) is 0 Å². The van der Waals surface area contributed by atoms with Gasteiger partial charge in [-0.2, -0.15) is 0 Å². The van der Waals surface area contributed by atoms with E-state index < -0.39 is 0 Å². The first-order chi connectivity index (χ1) is 6.98. The highest BCUT2D eigenvalue weighted by atomic mass is 15.2. The largest absolute Gasteiger partial charge is 0.311 e. The van der Waals surface area contributed by atoms with E-state index in [9.17, 15) is 0 Å². The fourth-order valence-electron chi connectivity index (χ4n) is 2.60. The molecule has 2 fully saturated rings. The molecule has 1 aliphatic heterocycles. The van der Waals surface area contributed by atoms with Gasteiger partial charge in [0.1, 0.15) is 0 Å². The minimum absolute atomic E-state index is 0.391. The zero-order valence-electron chi connectivity index (χ0n) is 10.7. The van der Waals surface area contributed by atoms with Crippen LogP contribution in [0.3, 0.4) is 0 Å². The molecule has 1 saturated carbocycles. The molecule has 0 aromatic carbocycles. The van der Waals surface area contributed by atoms with Gasteiger partial charge in [-0.1, -0.05) is 20.8 Å². The highest BCUT2D eigenvalue weighted by molar-refractivity contribution is 4.92. The van der Waals surface area contributed by atoms with E-state index in [-0.39, 0.29) is 0 Å². The third-order valence-corrected chi connectivity index (χ3v) is 4.13. The Bertz CT molecular complexity index is 215. The minimum atomic E-state index is 0.391. The van der Waals surface area contributed by atoms with Crippen molar-refractivity contribution in [2.75, 3.05) is 19.6 Å². The van der Waals surface area contributed by atoms with Crippen LogP contribution in [0.2, 0.25) is 0 Å². The van der Waals surface area contributed by atoms with Crippen molar-refractivity contribution < 1.29 is 0 Å². The van der Waals surface area contributed by atoms with E-state index in [1.807, 2.05) is 0 Å². The smallest absolute Gasteiger partial charge is 0.0244 e. The fourth-order valence-corrected chi connectivity index (χ4v) is 2.60. The summed E-state index contributed by atoms with van der Waals surface area (Å²) >= 11 is 0. The van der Waals surface area contributed by atoms with Crippen LogP contribution in [0, 0.1) is 11.3 Å². The molecule has 2 atom stereocenters. The summed E-state index contributed by atoms with van der Waals surface area (Å²) in [5.41, 5.74) is 0.391. The van der Waals surface area contributed by atoms with Crippen LogP contribution in [0.1, 0.15) is 40.5 Å². The Hall–Kier alpha value is -0.0800. The molecule has 0 aromatic heterocycles. The molecule has 2 nitrogen and oxygen atoms in total. The molecule has 2 rings (SSSR count). The van der Waals surface area contributed by atoms with Crippen LogP contribution in [0.15, 0.2) is 0 Å². The molecule has 1 N–H and O–H groups in total. The van der Waals surface area contributed by atoms with Gasteiger partial charge in [-0.3, -0.25) is 4.90 Å². The second-order valence-electron chi connectivity index (χ2n) is 6.45. The van der Waals surface area contributed by atoms with Crippen molar-refractivity contribution in [3.63, 3.8) is 0 Å². The lowest BCUT2D eigenvalue weighted by atomic mass is 9.85. The van der Waals surface area contributed by atoms with E-state index in [0.717, 1.165) is 12.0 Å². The zero-order valence-corrected chi connectivity index (χ0v) is 10.7. The van der Waals surface area contributed by atoms with E-state index in [4.69, 9.17) is 0 Å². The zero-order chi connectivity index (χ0) is 11.1. The van der Waals surface area contributed by atoms with Crippen molar-refractivity contribution in [2.45, 2.75) is 52.6 Å². The molecule has 0 amide bonds. The molecule has 1 heterocycles. The maximum Gasteiger partial charge on any atom is 0.0244 e. The number of nitrogens with one attached hydrogen (secondary N) is 1. The van der Waals surface area contributed by atoms with Gasteiger partial charge in [0.2, 0.25) is 0 Å². The van der Waals surface area contributed by atoms with Gasteiger partial charge in [0.15, 0.2) is 0 Å². The van der Waals surface area contributed by atoms with Gasteiger partial charge in [0, 0.05) is 31.7 Å². The maximum absolute atomic E-state index is 3.66. The number of nitrogens with zero attached hydrogens (tertiary/aromatic N) is 1. The average Bonchev–Trinajstić information content (AvgIpc) is 2.99. The molecule has 2 aliphatic rings. The molecule has 0 spiro atoms. The standard InChI is InChI=1S/C13H26N2/c1-10(11-5-6-11)15-8-7-14-12(9-15)13(2,3)4/h10-12,14H,5-9H2,1-4H3. The first-order valence-electron chi connectivity index (χ1n) is 6.46. The van der Waals surface area contributed by atoms with E-state index in [1.54, 1.807) is 0 Å². The SMILES string of the molecule is CC(C1CC1)N1CCNC(C(C)(C)C)C1. The molecular weight excluding hydrogens is 184 g/mol. The first kappa shape index (κ1) is 11.4. The average molecular weight is 210 g/mol. The number of piperazine rings is 1. The topological polar surface area (TPSA) is 15.3 Å². The number of hydrogen-bond donors (Lipinski definition) is 1. The van der Waals surface area contributed by atoms with Crippen LogP contribution >= 0.6 is 0 Å². The van der Waals surface area contributed by atoms with Crippen molar-refractivity contribution in [1.29, 1.82) is 0 Å². The maximum atomic E-state index is 3.66. The molecule has 15 heavy (non-hydrogen) atoms. The lowest BCUT2D eigenvalue weighted by Gasteiger charge is -2.43. The predicted molar refractivity (Wildman–Crippen MR) is 65.0 cm³/mol. The van der Waals surface area contributed by atoms with Crippen molar-refractivity contribution in [3.8, 4) is 0 Å². The van der Waals surface area contributed by atoms with Crippen LogP contribution in [0.4, 0.5) is 0 Å². The molecule has 1 aliphatic carbocycles. The van der Waals surface area contributed by atoms with E-state index in [0.29, 0.717) is 11.5 Å². The summed E-state index contributed by atoms with van der Waals surface area (Å²) in [7, 11) is 0. The Kier molecular flexibility index (Phi) is 3.09. The Morgan fingerprint density at radius 1 is 1.27 bits per heavy atom. The molecule has 88 valence electrons. The van der Waals surface area contributed by atoms with Gasteiger partial charge in [0.05, 0.1) is 0 Å². The third kappa shape index (κ3) is 2.73. The van der Waals surface area contributed by atoms with Crippen molar-refractivity contribution in [2.24, 2.45) is 11.3 Å². The second kappa shape index (κ2) is 4.06. The lowest BCUT2D eigenvalue weighted by Crippen LogP contribution is -2.58. The highest BCUT2D eigenvalue weighted by Gasteiger charge is 2.36. The second-order valence-corrected chi connectivity index (χ2v) is 6.45. The summed E-state index contributed by atoms with van der Waals surface area (Å²) in [6, 6.07) is 1.48. The Morgan fingerprint density at radius 3 is 2.47 bits per heavy atom. The van der Waals surface area contributed by atoms with Gasteiger partial charge < -0.3 is 5.32 Å². The van der Waals surface area contributed by atoms with Gasteiger partial charge in [-0.05, 0) is 31.1 Å². The molecule has 2 unspecified atom stereocenters. The minimum Gasteiger partial charge on any atom is -0.311 e. The molecular formula is C13H26N2. The van der Waals surface area contributed by atoms with E-state index in [2.05, 4.69) is 37.9 Å².